The van der Waals surface area contributed by atoms with E-state index in [9.17, 15) is 0 Å². The molecule has 3 rings (SSSR count). The van der Waals surface area contributed by atoms with Crippen molar-refractivity contribution in [2.45, 2.75) is 13.5 Å². The number of aromatic nitrogens is 2. The molecule has 0 saturated heterocycles. The molecule has 5 heteroatoms. The Morgan fingerprint density at radius 3 is 2.52 bits per heavy atom. The normalized spacial score (nSPS) is 10.3. The van der Waals surface area contributed by atoms with Gasteiger partial charge in [-0.1, -0.05) is 35.9 Å². The van der Waals surface area contributed by atoms with Crippen LogP contribution in [0.2, 0.25) is 5.02 Å². The minimum atomic E-state index is 0.679. The Bertz CT molecular complexity index is 787. The van der Waals surface area contributed by atoms with Gasteiger partial charge in [0.2, 0.25) is 0 Å². The number of benzene rings is 2. The molecule has 0 atom stereocenters. The van der Waals surface area contributed by atoms with E-state index in [1.54, 1.807) is 6.33 Å². The first-order chi connectivity index (χ1) is 11.2. The highest BCUT2D eigenvalue weighted by molar-refractivity contribution is 6.30. The number of nitrogens with one attached hydrogen (secondary N) is 2. The number of anilines is 3. The molecule has 23 heavy (non-hydrogen) atoms. The van der Waals surface area contributed by atoms with Crippen LogP contribution < -0.4 is 10.6 Å². The molecule has 2 aromatic carbocycles. The van der Waals surface area contributed by atoms with Gasteiger partial charge in [-0.25, -0.2) is 9.97 Å². The summed E-state index contributed by atoms with van der Waals surface area (Å²) >= 11 is 5.89. The Hall–Kier alpha value is -2.59. The third-order valence-electron chi connectivity index (χ3n) is 3.34. The first kappa shape index (κ1) is 15.3. The highest BCUT2D eigenvalue weighted by Gasteiger charge is 2.00. The van der Waals surface area contributed by atoms with Crippen LogP contribution in [0.4, 0.5) is 17.3 Å². The summed E-state index contributed by atoms with van der Waals surface area (Å²) in [5.74, 6) is 1.52. The van der Waals surface area contributed by atoms with Crippen LogP contribution in [0, 0.1) is 6.92 Å². The topological polar surface area (TPSA) is 49.8 Å². The summed E-state index contributed by atoms with van der Waals surface area (Å²) in [6.45, 7) is 2.74. The fourth-order valence-corrected chi connectivity index (χ4v) is 2.31. The van der Waals surface area contributed by atoms with Crippen molar-refractivity contribution in [2.75, 3.05) is 10.6 Å². The Balaban J connectivity index is 1.66. The molecule has 4 nitrogen and oxygen atoms in total. The zero-order chi connectivity index (χ0) is 16.1. The van der Waals surface area contributed by atoms with E-state index in [-0.39, 0.29) is 0 Å². The summed E-state index contributed by atoms with van der Waals surface area (Å²) in [6.07, 6.45) is 1.54. The standard InChI is InChI=1S/C18H17ClN4/c1-13-3-2-4-16(9-13)23-18-10-17(21-12-22-18)20-11-14-5-7-15(19)8-6-14/h2-10,12H,11H2,1H3,(H2,20,21,22,23). The van der Waals surface area contributed by atoms with Gasteiger partial charge < -0.3 is 10.6 Å². The summed E-state index contributed by atoms with van der Waals surface area (Å²) in [6, 6.07) is 17.8. The van der Waals surface area contributed by atoms with E-state index in [4.69, 9.17) is 11.6 Å². The molecule has 0 bridgehead atoms. The fraction of sp³-hybridized carbons (Fsp3) is 0.111. The van der Waals surface area contributed by atoms with E-state index in [0.717, 1.165) is 27.9 Å². The maximum Gasteiger partial charge on any atom is 0.135 e. The number of nitrogens with zero attached hydrogens (tertiary/aromatic N) is 2. The second kappa shape index (κ2) is 7.11. The predicted octanol–water partition coefficient (Wildman–Crippen LogP) is 4.79. The maximum absolute atomic E-state index is 5.89. The summed E-state index contributed by atoms with van der Waals surface area (Å²) in [4.78, 5) is 8.49. The second-order valence-electron chi connectivity index (χ2n) is 5.26. The van der Waals surface area contributed by atoms with Gasteiger partial charge in [0.1, 0.15) is 18.0 Å². The molecule has 0 unspecified atom stereocenters. The van der Waals surface area contributed by atoms with Crippen LogP contribution in [-0.2, 0) is 6.54 Å². The van der Waals surface area contributed by atoms with Gasteiger partial charge in [-0.2, -0.15) is 0 Å². The molecule has 0 fully saturated rings. The van der Waals surface area contributed by atoms with Crippen molar-refractivity contribution < 1.29 is 0 Å². The van der Waals surface area contributed by atoms with Crippen LogP contribution in [-0.4, -0.2) is 9.97 Å². The van der Waals surface area contributed by atoms with Gasteiger partial charge in [0.05, 0.1) is 0 Å². The number of halogens is 1. The molecule has 0 saturated carbocycles. The lowest BCUT2D eigenvalue weighted by Gasteiger charge is -2.09. The Morgan fingerprint density at radius 1 is 0.957 bits per heavy atom. The van der Waals surface area contributed by atoms with Crippen molar-refractivity contribution in [3.05, 3.63) is 77.1 Å². The highest BCUT2D eigenvalue weighted by atomic mass is 35.5. The number of rotatable bonds is 5. The van der Waals surface area contributed by atoms with Crippen molar-refractivity contribution >= 4 is 28.9 Å². The third kappa shape index (κ3) is 4.44. The van der Waals surface area contributed by atoms with Crippen LogP contribution in [0.1, 0.15) is 11.1 Å². The van der Waals surface area contributed by atoms with Gasteiger partial charge in [0, 0.05) is 23.3 Å². The van der Waals surface area contributed by atoms with Gasteiger partial charge in [0.25, 0.3) is 0 Å². The van der Waals surface area contributed by atoms with Crippen LogP contribution in [0.5, 0.6) is 0 Å². The molecule has 0 aliphatic heterocycles. The van der Waals surface area contributed by atoms with Crippen molar-refractivity contribution in [3.8, 4) is 0 Å². The second-order valence-corrected chi connectivity index (χ2v) is 5.70. The summed E-state index contributed by atoms with van der Waals surface area (Å²) < 4.78 is 0. The molecule has 0 amide bonds. The van der Waals surface area contributed by atoms with E-state index >= 15 is 0 Å². The smallest absolute Gasteiger partial charge is 0.135 e. The Morgan fingerprint density at radius 2 is 1.74 bits per heavy atom. The molecule has 116 valence electrons. The monoisotopic (exact) mass is 324 g/mol. The summed E-state index contributed by atoms with van der Waals surface area (Å²) in [5.41, 5.74) is 3.35. The molecule has 1 aromatic heterocycles. The SMILES string of the molecule is Cc1cccc(Nc2cc(NCc3ccc(Cl)cc3)ncn2)c1. The molecule has 0 aliphatic rings. The van der Waals surface area contributed by atoms with Crippen molar-refractivity contribution in [2.24, 2.45) is 0 Å². The van der Waals surface area contributed by atoms with Crippen LogP contribution >= 0.6 is 11.6 Å². The first-order valence-electron chi connectivity index (χ1n) is 7.33. The zero-order valence-corrected chi connectivity index (χ0v) is 13.5. The molecule has 0 aliphatic carbocycles. The minimum absolute atomic E-state index is 0.679. The van der Waals surface area contributed by atoms with E-state index in [1.165, 1.54) is 5.56 Å². The Labute approximate surface area is 140 Å². The predicted molar refractivity (Wildman–Crippen MR) is 95.3 cm³/mol. The summed E-state index contributed by atoms with van der Waals surface area (Å²) in [7, 11) is 0. The zero-order valence-electron chi connectivity index (χ0n) is 12.8. The fourth-order valence-electron chi connectivity index (χ4n) is 2.19. The average Bonchev–Trinajstić information content (AvgIpc) is 2.55. The van der Waals surface area contributed by atoms with Gasteiger partial charge >= 0.3 is 0 Å². The highest BCUT2D eigenvalue weighted by Crippen LogP contribution is 2.18. The van der Waals surface area contributed by atoms with E-state index < -0.39 is 0 Å². The van der Waals surface area contributed by atoms with Crippen LogP contribution in [0.3, 0.4) is 0 Å². The number of hydrogen-bond acceptors (Lipinski definition) is 4. The third-order valence-corrected chi connectivity index (χ3v) is 3.60. The molecular formula is C18H17ClN4. The maximum atomic E-state index is 5.89. The van der Waals surface area contributed by atoms with E-state index in [1.807, 2.05) is 42.5 Å². The summed E-state index contributed by atoms with van der Waals surface area (Å²) in [5, 5.41) is 7.30. The van der Waals surface area contributed by atoms with Gasteiger partial charge in [-0.05, 0) is 42.3 Å². The first-order valence-corrected chi connectivity index (χ1v) is 7.71. The quantitative estimate of drug-likeness (QED) is 0.708. The number of hydrogen-bond donors (Lipinski definition) is 2. The Kier molecular flexibility index (Phi) is 4.74. The largest absolute Gasteiger partial charge is 0.366 e. The lowest BCUT2D eigenvalue weighted by atomic mass is 10.2. The van der Waals surface area contributed by atoms with Gasteiger partial charge in [0.15, 0.2) is 0 Å². The van der Waals surface area contributed by atoms with E-state index in [2.05, 4.69) is 39.7 Å². The van der Waals surface area contributed by atoms with Crippen LogP contribution in [0.15, 0.2) is 60.9 Å². The van der Waals surface area contributed by atoms with Crippen molar-refractivity contribution in [1.29, 1.82) is 0 Å². The molecule has 0 radical (unpaired) electrons. The molecular weight excluding hydrogens is 308 g/mol. The molecule has 1 heterocycles. The molecule has 2 N–H and O–H groups in total. The number of aryl methyl sites for hydroxylation is 1. The van der Waals surface area contributed by atoms with Crippen molar-refractivity contribution in [1.82, 2.24) is 9.97 Å². The van der Waals surface area contributed by atoms with Crippen LogP contribution in [0.25, 0.3) is 0 Å². The van der Waals surface area contributed by atoms with Gasteiger partial charge in [-0.3, -0.25) is 0 Å². The van der Waals surface area contributed by atoms with Gasteiger partial charge in [-0.15, -0.1) is 0 Å². The average molecular weight is 325 g/mol. The minimum Gasteiger partial charge on any atom is -0.366 e. The lowest BCUT2D eigenvalue weighted by Crippen LogP contribution is -2.03. The lowest BCUT2D eigenvalue weighted by molar-refractivity contribution is 1.08. The molecule has 3 aromatic rings. The van der Waals surface area contributed by atoms with E-state index in [0.29, 0.717) is 6.54 Å². The van der Waals surface area contributed by atoms with Crippen molar-refractivity contribution in [3.63, 3.8) is 0 Å². The molecule has 0 spiro atoms.